The lowest BCUT2D eigenvalue weighted by atomic mass is 9.72. The molecule has 8 rings (SSSR count). The third-order valence-electron chi connectivity index (χ3n) is 11.4. The molecular weight excluding hydrogens is 514 g/mol. The summed E-state index contributed by atoms with van der Waals surface area (Å²) < 4.78 is 9.51. The van der Waals surface area contributed by atoms with Crippen molar-refractivity contribution < 1.29 is 4.74 Å². The molecular formula is C38H43N3O. The van der Waals surface area contributed by atoms with Gasteiger partial charge >= 0.3 is 0 Å². The van der Waals surface area contributed by atoms with Crippen LogP contribution in [0.25, 0.3) is 21.8 Å². The molecule has 7 atom stereocenters. The number of piperidine rings is 1. The molecule has 3 aliphatic carbocycles. The Labute approximate surface area is 250 Å². The smallest absolute Gasteiger partial charge is 0.133 e. The van der Waals surface area contributed by atoms with Crippen molar-refractivity contribution >= 4 is 21.8 Å². The SMILES string of the molecule is CN1C[C@H](C2CCC=C(C3C=CC=CC3n3c4ccccc4c4c5c(ccc43)C3CCCCCC3O5)C2)CC[C@@H]1C#N. The van der Waals surface area contributed by atoms with Crippen molar-refractivity contribution in [1.29, 1.82) is 5.26 Å². The van der Waals surface area contributed by atoms with Crippen molar-refractivity contribution in [2.75, 3.05) is 13.6 Å². The van der Waals surface area contributed by atoms with E-state index in [4.69, 9.17) is 4.74 Å². The molecule has 42 heavy (non-hydrogen) atoms. The average molecular weight is 558 g/mol. The van der Waals surface area contributed by atoms with Gasteiger partial charge < -0.3 is 9.30 Å². The van der Waals surface area contributed by atoms with Gasteiger partial charge in [0.2, 0.25) is 0 Å². The Morgan fingerprint density at radius 1 is 0.881 bits per heavy atom. The average Bonchev–Trinajstić information content (AvgIpc) is 3.46. The van der Waals surface area contributed by atoms with Crippen LogP contribution in [0.1, 0.15) is 81.7 Å². The normalized spacial score (nSPS) is 33.0. The lowest BCUT2D eigenvalue weighted by molar-refractivity contribution is 0.122. The summed E-state index contributed by atoms with van der Waals surface area (Å²) >= 11 is 0. The minimum absolute atomic E-state index is 0.0878. The molecule has 0 bridgehead atoms. The van der Waals surface area contributed by atoms with Gasteiger partial charge in [0.1, 0.15) is 11.9 Å². The topological polar surface area (TPSA) is 41.2 Å². The van der Waals surface area contributed by atoms with Gasteiger partial charge in [0.05, 0.1) is 23.7 Å². The van der Waals surface area contributed by atoms with E-state index in [9.17, 15) is 5.26 Å². The van der Waals surface area contributed by atoms with Crippen molar-refractivity contribution in [2.45, 2.75) is 88.3 Å². The third kappa shape index (κ3) is 4.27. The molecule has 3 heterocycles. The van der Waals surface area contributed by atoms with Crippen molar-refractivity contribution in [3.05, 3.63) is 77.9 Å². The zero-order valence-corrected chi connectivity index (χ0v) is 24.9. The number of ether oxygens (including phenoxy) is 1. The zero-order valence-electron chi connectivity index (χ0n) is 24.9. The molecule has 0 amide bonds. The van der Waals surface area contributed by atoms with Crippen LogP contribution < -0.4 is 4.74 Å². The predicted molar refractivity (Wildman–Crippen MR) is 171 cm³/mol. The van der Waals surface area contributed by atoms with Gasteiger partial charge in [-0.15, -0.1) is 0 Å². The highest BCUT2D eigenvalue weighted by atomic mass is 16.5. The van der Waals surface area contributed by atoms with Crippen molar-refractivity contribution in [3.8, 4) is 11.8 Å². The lowest BCUT2D eigenvalue weighted by Gasteiger charge is -2.40. The number of benzene rings is 2. The molecule has 0 radical (unpaired) electrons. The fraction of sp³-hybridized carbons (Fsp3) is 0.500. The number of nitriles is 1. The molecule has 5 aliphatic rings. The second-order valence-corrected chi connectivity index (χ2v) is 13.7. The summed E-state index contributed by atoms with van der Waals surface area (Å²) in [6.07, 6.45) is 24.5. The van der Waals surface area contributed by atoms with E-state index in [2.05, 4.69) is 89.4 Å². The van der Waals surface area contributed by atoms with E-state index in [1.807, 2.05) is 0 Å². The summed E-state index contributed by atoms with van der Waals surface area (Å²) in [4.78, 5) is 2.30. The summed E-state index contributed by atoms with van der Waals surface area (Å²) in [5, 5.41) is 12.2. The molecule has 1 saturated heterocycles. The molecule has 216 valence electrons. The fourth-order valence-electron chi connectivity index (χ4n) is 9.30. The second kappa shape index (κ2) is 10.8. The largest absolute Gasteiger partial charge is 0.489 e. The highest BCUT2D eigenvalue weighted by Gasteiger charge is 2.39. The summed E-state index contributed by atoms with van der Waals surface area (Å²) in [6.45, 7) is 1.06. The number of nitrogens with zero attached hydrogens (tertiary/aromatic N) is 3. The third-order valence-corrected chi connectivity index (χ3v) is 11.4. The predicted octanol–water partition coefficient (Wildman–Crippen LogP) is 8.85. The quantitative estimate of drug-likeness (QED) is 0.302. The fourth-order valence-corrected chi connectivity index (χ4v) is 9.30. The van der Waals surface area contributed by atoms with Crippen LogP contribution in [0.4, 0.5) is 0 Å². The molecule has 5 unspecified atom stereocenters. The van der Waals surface area contributed by atoms with E-state index < -0.39 is 0 Å². The summed E-state index contributed by atoms with van der Waals surface area (Å²) in [6, 6.07) is 16.7. The summed E-state index contributed by atoms with van der Waals surface area (Å²) in [5.74, 6) is 3.45. The summed E-state index contributed by atoms with van der Waals surface area (Å²) in [5.41, 5.74) is 5.68. The second-order valence-electron chi connectivity index (χ2n) is 13.7. The molecule has 1 aromatic heterocycles. The first-order valence-corrected chi connectivity index (χ1v) is 16.6. The van der Waals surface area contributed by atoms with Crippen LogP contribution >= 0.6 is 0 Å². The number of fused-ring (bicyclic) bond motifs is 7. The van der Waals surface area contributed by atoms with Crippen LogP contribution in [0.3, 0.4) is 0 Å². The molecule has 4 nitrogen and oxygen atoms in total. The first kappa shape index (κ1) is 26.3. The number of allylic oxidation sites excluding steroid dienone is 6. The van der Waals surface area contributed by atoms with E-state index in [1.54, 1.807) is 5.57 Å². The van der Waals surface area contributed by atoms with Gasteiger partial charge in [-0.2, -0.15) is 5.26 Å². The number of para-hydroxylation sites is 1. The molecule has 2 aromatic carbocycles. The van der Waals surface area contributed by atoms with Gasteiger partial charge in [0, 0.05) is 40.2 Å². The number of rotatable bonds is 3. The Kier molecular flexibility index (Phi) is 6.75. The standard InChI is InChI=1S/C38H43N3O/c1-40-24-27(18-19-28(40)23-39)25-10-9-11-26(22-25)29-12-5-7-15-33(29)41-34-16-8-6-14-32(34)37-35(41)21-20-31-30-13-3-2-4-17-36(30)42-38(31)37/h5-8,11-12,14-16,20-21,25,27-30,33,36H,2-4,9-10,13,17-19,22,24H2,1H3/t25?,27-,28-,29?,30?,33?,36?/m1/s1. The maximum Gasteiger partial charge on any atom is 0.133 e. The lowest BCUT2D eigenvalue weighted by Crippen LogP contribution is -2.42. The minimum atomic E-state index is 0.0878. The number of hydrogen-bond acceptors (Lipinski definition) is 3. The number of aromatic nitrogens is 1. The van der Waals surface area contributed by atoms with Crippen molar-refractivity contribution in [3.63, 3.8) is 0 Å². The van der Waals surface area contributed by atoms with Gasteiger partial charge in [0.15, 0.2) is 0 Å². The van der Waals surface area contributed by atoms with Crippen molar-refractivity contribution in [2.24, 2.45) is 17.8 Å². The van der Waals surface area contributed by atoms with Crippen LogP contribution in [0.5, 0.6) is 5.75 Å². The Hall–Kier alpha value is -3.29. The molecule has 0 spiro atoms. The Balaban J connectivity index is 1.16. The molecule has 1 saturated carbocycles. The van der Waals surface area contributed by atoms with E-state index in [0.29, 0.717) is 29.8 Å². The van der Waals surface area contributed by atoms with Crippen molar-refractivity contribution in [1.82, 2.24) is 9.47 Å². The van der Waals surface area contributed by atoms with E-state index in [1.165, 1.54) is 90.9 Å². The zero-order chi connectivity index (χ0) is 28.2. The highest BCUT2D eigenvalue weighted by Crippen LogP contribution is 2.52. The maximum atomic E-state index is 9.53. The Bertz CT molecular complexity index is 1640. The van der Waals surface area contributed by atoms with Gasteiger partial charge in [-0.3, -0.25) is 4.90 Å². The van der Waals surface area contributed by atoms with E-state index in [-0.39, 0.29) is 12.1 Å². The Morgan fingerprint density at radius 2 is 1.76 bits per heavy atom. The first-order valence-electron chi connectivity index (χ1n) is 16.6. The molecule has 0 N–H and O–H groups in total. The maximum absolute atomic E-state index is 9.53. The molecule has 3 aromatic rings. The van der Waals surface area contributed by atoms with Crippen LogP contribution in [0, 0.1) is 29.1 Å². The molecule has 2 fully saturated rings. The molecule has 2 aliphatic heterocycles. The van der Waals surface area contributed by atoms with Gasteiger partial charge in [0.25, 0.3) is 0 Å². The van der Waals surface area contributed by atoms with Crippen LogP contribution in [0.15, 0.2) is 72.4 Å². The van der Waals surface area contributed by atoms with Gasteiger partial charge in [-0.05, 0) is 82.4 Å². The first-order chi connectivity index (χ1) is 20.7. The van der Waals surface area contributed by atoms with Crippen LogP contribution in [0.2, 0.25) is 0 Å². The van der Waals surface area contributed by atoms with Crippen LogP contribution in [-0.4, -0.2) is 35.2 Å². The Morgan fingerprint density at radius 3 is 2.67 bits per heavy atom. The van der Waals surface area contributed by atoms with Gasteiger partial charge in [-0.25, -0.2) is 0 Å². The highest BCUT2D eigenvalue weighted by molar-refractivity contribution is 6.12. The van der Waals surface area contributed by atoms with E-state index in [0.717, 1.165) is 13.0 Å². The van der Waals surface area contributed by atoms with Crippen LogP contribution in [-0.2, 0) is 0 Å². The monoisotopic (exact) mass is 557 g/mol. The minimum Gasteiger partial charge on any atom is -0.489 e. The number of hydrogen-bond donors (Lipinski definition) is 0. The number of likely N-dealkylation sites (tertiary alicyclic amines) is 1. The van der Waals surface area contributed by atoms with E-state index >= 15 is 0 Å². The summed E-state index contributed by atoms with van der Waals surface area (Å²) in [7, 11) is 2.14. The van der Waals surface area contributed by atoms with Gasteiger partial charge in [-0.1, -0.05) is 73.1 Å². The molecule has 4 heteroatoms.